The molecule has 0 fully saturated rings. The molecule has 0 N–H and O–H groups in total. The van der Waals surface area contributed by atoms with E-state index in [0.29, 0.717) is 0 Å². The summed E-state index contributed by atoms with van der Waals surface area (Å²) in [6.45, 7) is 12.0. The van der Waals surface area contributed by atoms with Crippen molar-refractivity contribution < 1.29 is 17.6 Å². The van der Waals surface area contributed by atoms with Crippen molar-refractivity contribution >= 4 is 28.2 Å². The van der Waals surface area contributed by atoms with Crippen LogP contribution >= 0.6 is 11.6 Å². The molecule has 0 amide bonds. The molecule has 21 heavy (non-hydrogen) atoms. The van der Waals surface area contributed by atoms with Gasteiger partial charge in [0.15, 0.2) is 16.6 Å². The van der Waals surface area contributed by atoms with Crippen molar-refractivity contribution in [2.45, 2.75) is 89.5 Å². The quantitative estimate of drug-likeness (QED) is 0.248. The summed E-state index contributed by atoms with van der Waals surface area (Å²) in [5, 5.41) is -3.48. The van der Waals surface area contributed by atoms with Crippen LogP contribution in [0.5, 0.6) is 0 Å². The molecule has 0 bridgehead atoms. The lowest BCUT2D eigenvalue weighted by molar-refractivity contribution is -0.142. The molecule has 0 radical (unpaired) electrons. The van der Waals surface area contributed by atoms with E-state index in [9.17, 15) is 8.78 Å². The van der Waals surface area contributed by atoms with Gasteiger partial charge in [0.25, 0.3) is 0 Å². The molecule has 0 aliphatic rings. The lowest BCUT2D eigenvalue weighted by Gasteiger charge is -2.39. The van der Waals surface area contributed by atoms with Crippen LogP contribution in [0.15, 0.2) is 0 Å². The van der Waals surface area contributed by atoms with Gasteiger partial charge in [-0.3, -0.25) is 0 Å². The minimum Gasteiger partial charge on any atom is -0.387 e. The van der Waals surface area contributed by atoms with Crippen LogP contribution in [-0.2, 0) is 8.85 Å². The standard InChI is InChI=1S/C14H31ClF2O2Si2/c1-7-20(8-2,9-3)18-13(14(15,16)17)19-21(10-4,11-5)12-6/h13H,7-12H2,1-6H3. The molecule has 0 aromatic carbocycles. The maximum Gasteiger partial charge on any atom is 0.369 e. The smallest absolute Gasteiger partial charge is 0.369 e. The topological polar surface area (TPSA) is 18.5 Å². The van der Waals surface area contributed by atoms with Crippen molar-refractivity contribution in [3.05, 3.63) is 0 Å². The van der Waals surface area contributed by atoms with Crippen molar-refractivity contribution in [1.82, 2.24) is 0 Å². The van der Waals surface area contributed by atoms with Gasteiger partial charge in [-0.25, -0.2) is 0 Å². The Morgan fingerprint density at radius 2 is 1.00 bits per heavy atom. The molecule has 0 heterocycles. The lowest BCUT2D eigenvalue weighted by Crippen LogP contribution is -2.52. The summed E-state index contributed by atoms with van der Waals surface area (Å²) < 4.78 is 39.4. The predicted molar refractivity (Wildman–Crippen MR) is 91.2 cm³/mol. The van der Waals surface area contributed by atoms with Crippen molar-refractivity contribution in [2.75, 3.05) is 0 Å². The van der Waals surface area contributed by atoms with Crippen molar-refractivity contribution in [3.63, 3.8) is 0 Å². The van der Waals surface area contributed by atoms with Crippen molar-refractivity contribution in [1.29, 1.82) is 0 Å². The predicted octanol–water partition coefficient (Wildman–Crippen LogP) is 6.19. The average Bonchev–Trinajstić information content (AvgIpc) is 2.48. The maximum absolute atomic E-state index is 13.8. The third kappa shape index (κ3) is 5.90. The third-order valence-corrected chi connectivity index (χ3v) is 14.2. The van der Waals surface area contributed by atoms with Gasteiger partial charge < -0.3 is 8.85 Å². The van der Waals surface area contributed by atoms with Gasteiger partial charge in [-0.2, -0.15) is 8.78 Å². The van der Waals surface area contributed by atoms with Crippen molar-refractivity contribution in [3.8, 4) is 0 Å². The third-order valence-electron chi connectivity index (χ3n) is 4.85. The van der Waals surface area contributed by atoms with E-state index >= 15 is 0 Å². The SMILES string of the molecule is CC[Si](CC)(CC)OC(O[Si](CC)(CC)CC)C(F)(F)Cl. The Balaban J connectivity index is 5.32. The van der Waals surface area contributed by atoms with E-state index in [-0.39, 0.29) is 0 Å². The van der Waals surface area contributed by atoms with Gasteiger partial charge in [-0.1, -0.05) is 41.5 Å². The van der Waals surface area contributed by atoms with E-state index in [2.05, 4.69) is 0 Å². The monoisotopic (exact) mass is 360 g/mol. The first-order valence-corrected chi connectivity index (χ1v) is 13.5. The van der Waals surface area contributed by atoms with Crippen LogP contribution in [-0.4, -0.2) is 28.3 Å². The van der Waals surface area contributed by atoms with Crippen LogP contribution in [0.4, 0.5) is 8.78 Å². The number of hydrogen-bond acceptors (Lipinski definition) is 2. The van der Waals surface area contributed by atoms with Gasteiger partial charge in [0.05, 0.1) is 0 Å². The molecule has 7 heteroatoms. The second-order valence-corrected chi connectivity index (χ2v) is 15.5. The van der Waals surface area contributed by atoms with Gasteiger partial charge in [-0.15, -0.1) is 0 Å². The fourth-order valence-electron chi connectivity index (χ4n) is 2.61. The number of rotatable bonds is 11. The normalized spacial score (nSPS) is 14.0. The molecular formula is C14H31ClF2O2Si2. The van der Waals surface area contributed by atoms with Crippen LogP contribution in [0, 0.1) is 0 Å². The second kappa shape index (κ2) is 8.96. The van der Waals surface area contributed by atoms with Gasteiger partial charge >= 0.3 is 5.38 Å². The summed E-state index contributed by atoms with van der Waals surface area (Å²) >= 11 is 5.31. The molecule has 0 aromatic heterocycles. The van der Waals surface area contributed by atoms with Crippen LogP contribution in [0.3, 0.4) is 0 Å². The first-order valence-electron chi connectivity index (χ1n) is 8.10. The van der Waals surface area contributed by atoms with Gasteiger partial charge in [0, 0.05) is 0 Å². The Kier molecular flexibility index (Phi) is 9.18. The van der Waals surface area contributed by atoms with Gasteiger partial charge in [0.2, 0.25) is 6.29 Å². The molecule has 0 aliphatic heterocycles. The molecule has 2 nitrogen and oxygen atoms in total. The summed E-state index contributed by atoms with van der Waals surface area (Å²) in [7, 11) is -4.39. The first-order chi connectivity index (χ1) is 9.68. The zero-order chi connectivity index (χ0) is 16.7. The summed E-state index contributed by atoms with van der Waals surface area (Å²) in [6, 6.07) is 4.78. The lowest BCUT2D eigenvalue weighted by atomic mass is 10.7. The van der Waals surface area contributed by atoms with E-state index in [1.165, 1.54) is 0 Å². The molecule has 0 aliphatic carbocycles. The van der Waals surface area contributed by atoms with Gasteiger partial charge in [-0.05, 0) is 47.9 Å². The van der Waals surface area contributed by atoms with Crippen LogP contribution in [0.2, 0.25) is 36.3 Å². The fourth-order valence-corrected chi connectivity index (χ4v) is 8.25. The van der Waals surface area contributed by atoms with Crippen molar-refractivity contribution in [2.24, 2.45) is 0 Å². The highest BCUT2D eigenvalue weighted by molar-refractivity contribution is 6.74. The Labute approximate surface area is 135 Å². The Hall–Kier alpha value is 0.504. The second-order valence-electron chi connectivity index (χ2n) is 5.60. The Bertz CT molecular complexity index is 255. The zero-order valence-corrected chi connectivity index (χ0v) is 17.0. The van der Waals surface area contributed by atoms with Crippen LogP contribution in [0.25, 0.3) is 0 Å². The highest BCUT2D eigenvalue weighted by Crippen LogP contribution is 2.36. The summed E-state index contributed by atoms with van der Waals surface area (Å²) in [4.78, 5) is 0. The van der Waals surface area contributed by atoms with E-state index in [4.69, 9.17) is 20.5 Å². The highest BCUT2D eigenvalue weighted by atomic mass is 35.5. The number of alkyl halides is 3. The fraction of sp³-hybridized carbons (Fsp3) is 1.00. The van der Waals surface area contributed by atoms with Crippen LogP contribution < -0.4 is 0 Å². The molecule has 0 unspecified atom stereocenters. The van der Waals surface area contributed by atoms with Crippen LogP contribution in [0.1, 0.15) is 41.5 Å². The van der Waals surface area contributed by atoms with E-state index < -0.39 is 28.3 Å². The molecule has 0 rings (SSSR count). The van der Waals surface area contributed by atoms with E-state index in [1.54, 1.807) is 0 Å². The van der Waals surface area contributed by atoms with E-state index in [0.717, 1.165) is 36.3 Å². The largest absolute Gasteiger partial charge is 0.387 e. The van der Waals surface area contributed by atoms with Gasteiger partial charge in [0.1, 0.15) is 0 Å². The molecule has 0 saturated heterocycles. The molecule has 0 spiro atoms. The zero-order valence-electron chi connectivity index (χ0n) is 14.3. The highest BCUT2D eigenvalue weighted by Gasteiger charge is 2.48. The van der Waals surface area contributed by atoms with E-state index in [1.807, 2.05) is 41.5 Å². The maximum atomic E-state index is 13.8. The Morgan fingerprint density at radius 1 is 0.762 bits per heavy atom. The molecule has 0 atom stereocenters. The first kappa shape index (κ1) is 21.5. The average molecular weight is 361 g/mol. The summed E-state index contributed by atoms with van der Waals surface area (Å²) in [5.41, 5.74) is 0. The summed E-state index contributed by atoms with van der Waals surface area (Å²) in [6.07, 6.45) is -1.60. The molecule has 0 saturated carbocycles. The molecular weight excluding hydrogens is 330 g/mol. The molecule has 0 aromatic rings. The molecule has 128 valence electrons. The number of hydrogen-bond donors (Lipinski definition) is 0. The minimum atomic E-state index is -3.48. The summed E-state index contributed by atoms with van der Waals surface area (Å²) in [5.74, 6) is 0. The Morgan fingerprint density at radius 3 is 1.14 bits per heavy atom. The number of halogens is 3. The minimum absolute atomic E-state index is 0.797.